The Kier molecular flexibility index (Phi) is 8.15. The predicted octanol–water partition coefficient (Wildman–Crippen LogP) is 16.6. The minimum absolute atomic E-state index is 0.818. The average molecular weight is 777 g/mol. The number of hydrogen-bond donors (Lipinski definition) is 0. The van der Waals surface area contributed by atoms with E-state index in [4.69, 9.17) is 8.83 Å². The van der Waals surface area contributed by atoms with Crippen molar-refractivity contribution in [3.8, 4) is 0 Å². The van der Waals surface area contributed by atoms with Crippen molar-refractivity contribution in [1.82, 2.24) is 0 Å². The van der Waals surface area contributed by atoms with Crippen LogP contribution in [-0.2, 0) is 0 Å². The number of hydrogen-bond acceptors (Lipinski definition) is 4. The molecule has 9 aromatic carbocycles. The Labute approximate surface area is 349 Å². The Bertz CT molecular complexity index is 3530. The Morgan fingerprint density at radius 2 is 0.817 bits per heavy atom. The molecule has 0 saturated carbocycles. The number of fused-ring (bicyclic) bond motifs is 9. The van der Waals surface area contributed by atoms with E-state index in [1.54, 1.807) is 0 Å². The lowest BCUT2D eigenvalue weighted by molar-refractivity contribution is 0.663. The van der Waals surface area contributed by atoms with Crippen LogP contribution in [0.3, 0.4) is 0 Å². The van der Waals surface area contributed by atoms with Gasteiger partial charge in [-0.1, -0.05) is 72.8 Å². The van der Waals surface area contributed by atoms with E-state index in [2.05, 4.69) is 209 Å². The maximum atomic E-state index is 6.88. The molecule has 0 aliphatic heterocycles. The summed E-state index contributed by atoms with van der Waals surface area (Å²) in [7, 11) is 0. The number of aryl methyl sites for hydroxylation is 4. The van der Waals surface area contributed by atoms with Gasteiger partial charge in [-0.05, 0) is 181 Å². The van der Waals surface area contributed by atoms with Crippen LogP contribution >= 0.6 is 0 Å². The summed E-state index contributed by atoms with van der Waals surface area (Å²) in [5, 5.41) is 8.79. The quantitative estimate of drug-likeness (QED) is 0.168. The Morgan fingerprint density at radius 1 is 0.333 bits per heavy atom. The summed E-state index contributed by atoms with van der Waals surface area (Å²) < 4.78 is 13.5. The summed E-state index contributed by atoms with van der Waals surface area (Å²) in [5.41, 5.74) is 17.8. The van der Waals surface area contributed by atoms with E-state index in [9.17, 15) is 0 Å². The summed E-state index contributed by atoms with van der Waals surface area (Å²) in [5.74, 6) is 0. The molecule has 0 unspecified atom stereocenters. The standard InChI is InChI=1S/C56H44N2O2/c1-33-15-11-19-50(37(33)5)57(48-17-9-7-13-35(48)3)43-23-21-39-29-46-45-25-26-52-55(56(45)60-53(46)31-41(39)27-43)47-30-40-22-24-44(28-42(40)32-54(47)59-52)58(49-18-10-8-14-36(49)4)51-20-12-16-34(2)38(51)6/h7-32H,1-6H3. The molecule has 2 aromatic heterocycles. The molecule has 0 atom stereocenters. The zero-order valence-electron chi connectivity index (χ0n) is 34.7. The molecule has 2 heterocycles. The molecule has 60 heavy (non-hydrogen) atoms. The summed E-state index contributed by atoms with van der Waals surface area (Å²) in [6, 6.07) is 57.0. The van der Waals surface area contributed by atoms with Crippen LogP contribution in [0, 0.1) is 41.5 Å². The van der Waals surface area contributed by atoms with Crippen molar-refractivity contribution in [3.63, 3.8) is 0 Å². The van der Waals surface area contributed by atoms with Gasteiger partial charge in [-0.2, -0.15) is 0 Å². The van der Waals surface area contributed by atoms with Crippen LogP contribution < -0.4 is 9.80 Å². The first kappa shape index (κ1) is 35.8. The molecule has 11 rings (SSSR count). The highest BCUT2D eigenvalue weighted by Crippen LogP contribution is 2.45. The van der Waals surface area contributed by atoms with Crippen molar-refractivity contribution in [3.05, 3.63) is 191 Å². The lowest BCUT2D eigenvalue weighted by atomic mass is 10.0. The largest absolute Gasteiger partial charge is 0.456 e. The van der Waals surface area contributed by atoms with Crippen LogP contribution in [0.2, 0.25) is 0 Å². The van der Waals surface area contributed by atoms with Crippen molar-refractivity contribution in [1.29, 1.82) is 0 Å². The summed E-state index contributed by atoms with van der Waals surface area (Å²) in [4.78, 5) is 4.77. The van der Waals surface area contributed by atoms with Gasteiger partial charge in [0.2, 0.25) is 0 Å². The normalized spacial score (nSPS) is 11.8. The second-order valence-corrected chi connectivity index (χ2v) is 16.5. The monoisotopic (exact) mass is 776 g/mol. The molecule has 0 N–H and O–H groups in total. The molecular weight excluding hydrogens is 733 g/mol. The van der Waals surface area contributed by atoms with E-state index in [1.165, 1.54) is 55.8 Å². The van der Waals surface area contributed by atoms with E-state index in [0.29, 0.717) is 0 Å². The van der Waals surface area contributed by atoms with Gasteiger partial charge >= 0.3 is 0 Å². The third kappa shape index (κ3) is 5.59. The maximum absolute atomic E-state index is 6.88. The van der Waals surface area contributed by atoms with Crippen LogP contribution in [0.25, 0.3) is 65.4 Å². The van der Waals surface area contributed by atoms with E-state index >= 15 is 0 Å². The third-order valence-electron chi connectivity index (χ3n) is 12.8. The molecule has 0 spiro atoms. The van der Waals surface area contributed by atoms with Gasteiger partial charge in [0, 0.05) is 50.3 Å². The lowest BCUT2D eigenvalue weighted by Gasteiger charge is -2.29. The first-order valence-electron chi connectivity index (χ1n) is 20.7. The van der Waals surface area contributed by atoms with Crippen molar-refractivity contribution in [2.24, 2.45) is 0 Å². The average Bonchev–Trinajstić information content (AvgIpc) is 3.80. The molecule has 290 valence electrons. The molecule has 11 aromatic rings. The van der Waals surface area contributed by atoms with Gasteiger partial charge in [-0.15, -0.1) is 0 Å². The minimum Gasteiger partial charge on any atom is -0.456 e. The first-order chi connectivity index (χ1) is 29.2. The van der Waals surface area contributed by atoms with Crippen molar-refractivity contribution < 1.29 is 8.83 Å². The van der Waals surface area contributed by atoms with Crippen molar-refractivity contribution in [2.45, 2.75) is 41.5 Å². The Balaban J connectivity index is 1.05. The zero-order valence-corrected chi connectivity index (χ0v) is 34.7. The second kappa shape index (κ2) is 13.6. The fourth-order valence-corrected chi connectivity index (χ4v) is 9.23. The number of benzene rings is 9. The Hall–Kier alpha value is -7.30. The van der Waals surface area contributed by atoms with Gasteiger partial charge in [0.05, 0.1) is 5.39 Å². The van der Waals surface area contributed by atoms with Gasteiger partial charge in [0.25, 0.3) is 0 Å². The molecule has 0 radical (unpaired) electrons. The van der Waals surface area contributed by atoms with E-state index in [-0.39, 0.29) is 0 Å². The topological polar surface area (TPSA) is 32.8 Å². The van der Waals surface area contributed by atoms with Crippen LogP contribution in [0.4, 0.5) is 34.1 Å². The SMILES string of the molecule is Cc1ccccc1N(c1ccc2cc3c(cc2c1)oc1c3ccc2oc3cc4cc(N(c5ccccc5C)c5cccc(C)c5C)ccc4cc3c21)c1cccc(C)c1C. The molecular formula is C56H44N2O2. The minimum atomic E-state index is 0.818. The molecule has 0 fully saturated rings. The van der Waals surface area contributed by atoms with Gasteiger partial charge in [-0.3, -0.25) is 0 Å². The van der Waals surface area contributed by atoms with Gasteiger partial charge in [0.15, 0.2) is 0 Å². The Morgan fingerprint density at radius 3 is 1.37 bits per heavy atom. The third-order valence-corrected chi connectivity index (χ3v) is 12.8. The number of furan rings is 2. The number of anilines is 6. The van der Waals surface area contributed by atoms with E-state index in [1.807, 2.05) is 0 Å². The molecule has 0 amide bonds. The highest BCUT2D eigenvalue weighted by molar-refractivity contribution is 6.24. The molecule has 0 saturated heterocycles. The highest BCUT2D eigenvalue weighted by atomic mass is 16.3. The summed E-state index contributed by atoms with van der Waals surface area (Å²) in [6.07, 6.45) is 0. The van der Waals surface area contributed by atoms with Gasteiger partial charge in [-0.25, -0.2) is 0 Å². The fourth-order valence-electron chi connectivity index (χ4n) is 9.23. The van der Waals surface area contributed by atoms with E-state index in [0.717, 1.165) is 77.1 Å². The van der Waals surface area contributed by atoms with Crippen molar-refractivity contribution in [2.75, 3.05) is 9.80 Å². The fraction of sp³-hybridized carbons (Fsp3) is 0.107. The molecule has 4 nitrogen and oxygen atoms in total. The van der Waals surface area contributed by atoms with Gasteiger partial charge < -0.3 is 18.6 Å². The number of rotatable bonds is 6. The zero-order chi connectivity index (χ0) is 40.8. The molecule has 0 aliphatic carbocycles. The summed E-state index contributed by atoms with van der Waals surface area (Å²) in [6.45, 7) is 13.1. The van der Waals surface area contributed by atoms with E-state index < -0.39 is 0 Å². The first-order valence-corrected chi connectivity index (χ1v) is 20.7. The van der Waals surface area contributed by atoms with Gasteiger partial charge in [0.1, 0.15) is 22.3 Å². The number of para-hydroxylation sites is 2. The molecule has 4 heteroatoms. The molecule has 0 aliphatic rings. The maximum Gasteiger partial charge on any atom is 0.147 e. The smallest absolute Gasteiger partial charge is 0.147 e. The lowest BCUT2D eigenvalue weighted by Crippen LogP contribution is -2.13. The van der Waals surface area contributed by atoms with Crippen LogP contribution in [0.1, 0.15) is 33.4 Å². The van der Waals surface area contributed by atoms with Crippen LogP contribution in [0.5, 0.6) is 0 Å². The summed E-state index contributed by atoms with van der Waals surface area (Å²) >= 11 is 0. The van der Waals surface area contributed by atoms with Crippen LogP contribution in [0.15, 0.2) is 167 Å². The number of nitrogens with zero attached hydrogens (tertiary/aromatic N) is 2. The second-order valence-electron chi connectivity index (χ2n) is 16.5. The van der Waals surface area contributed by atoms with Crippen molar-refractivity contribution >= 4 is 99.5 Å². The predicted molar refractivity (Wildman–Crippen MR) is 254 cm³/mol. The molecule has 0 bridgehead atoms. The highest BCUT2D eigenvalue weighted by Gasteiger charge is 2.22. The van der Waals surface area contributed by atoms with Crippen LogP contribution in [-0.4, -0.2) is 0 Å².